The van der Waals surface area contributed by atoms with E-state index in [4.69, 9.17) is 15.5 Å². The first kappa shape index (κ1) is 23.6. The number of hydrogen-bond donors (Lipinski definition) is 2. The summed E-state index contributed by atoms with van der Waals surface area (Å²) in [4.78, 5) is 28.4. The molecule has 0 bridgehead atoms. The molecule has 34 heavy (non-hydrogen) atoms. The molecule has 2 aromatic heterocycles. The Hall–Kier alpha value is -2.12. The summed E-state index contributed by atoms with van der Waals surface area (Å²) in [5.74, 6) is 1.63. The molecule has 0 unspecified atom stereocenters. The summed E-state index contributed by atoms with van der Waals surface area (Å²) in [6.45, 7) is 4.37. The van der Waals surface area contributed by atoms with Gasteiger partial charge in [-0.3, -0.25) is 4.79 Å². The van der Waals surface area contributed by atoms with Crippen molar-refractivity contribution in [2.75, 3.05) is 25.4 Å². The number of nitrogens with zero attached hydrogens (tertiary/aromatic N) is 5. The number of amides is 1. The smallest absolute Gasteiger partial charge is 0.251 e. The summed E-state index contributed by atoms with van der Waals surface area (Å²) in [6.07, 6.45) is 4.28. The third-order valence-electron chi connectivity index (χ3n) is 6.52. The largest absolute Gasteiger partial charge is 0.493 e. The van der Waals surface area contributed by atoms with Gasteiger partial charge in [0.15, 0.2) is 22.1 Å². The highest BCUT2D eigenvalue weighted by atomic mass is 131. The van der Waals surface area contributed by atoms with E-state index in [-0.39, 0.29) is 5.91 Å². The van der Waals surface area contributed by atoms with Gasteiger partial charge in [0.1, 0.15) is 18.2 Å². The van der Waals surface area contributed by atoms with Crippen molar-refractivity contribution in [3.63, 3.8) is 0 Å². The number of fused-ring (bicyclic) bond motifs is 2. The highest BCUT2D eigenvalue weighted by Crippen LogP contribution is 2.39. The molecular formula is C23H27IN6O3S. The van der Waals surface area contributed by atoms with Gasteiger partial charge in [-0.25, -0.2) is 15.0 Å². The number of aryl methyl sites for hydroxylation is 1. The van der Waals surface area contributed by atoms with E-state index >= 15 is 0 Å². The molecule has 11 heteroatoms. The number of likely N-dealkylation sites (tertiary alicyclic amines) is 1. The van der Waals surface area contributed by atoms with E-state index in [0.717, 1.165) is 60.3 Å². The lowest BCUT2D eigenvalue weighted by Crippen LogP contribution is -2.43. The van der Waals surface area contributed by atoms with Crippen LogP contribution in [0.2, 0.25) is 0 Å². The van der Waals surface area contributed by atoms with Crippen LogP contribution in [0.1, 0.15) is 31.7 Å². The van der Waals surface area contributed by atoms with E-state index in [2.05, 4.69) is 49.3 Å². The van der Waals surface area contributed by atoms with Crippen LogP contribution in [0.3, 0.4) is 0 Å². The molecule has 2 aliphatic rings. The number of halogens is 1. The number of carbonyl (C=O) groups excluding carboxylic acids is 1. The summed E-state index contributed by atoms with van der Waals surface area (Å²) < 4.78 is 9.08. The van der Waals surface area contributed by atoms with Crippen molar-refractivity contribution in [3.8, 4) is 5.75 Å². The number of benzene rings is 1. The number of ether oxygens (including phenoxy) is 1. The zero-order valence-electron chi connectivity index (χ0n) is 18.9. The van der Waals surface area contributed by atoms with Crippen LogP contribution in [-0.4, -0.2) is 61.2 Å². The van der Waals surface area contributed by atoms with Crippen molar-refractivity contribution in [1.29, 1.82) is 0 Å². The minimum atomic E-state index is -0.939. The molecule has 1 saturated heterocycles. The molecule has 0 spiro atoms. The van der Waals surface area contributed by atoms with E-state index in [1.165, 1.54) is 22.4 Å². The number of aromatic nitrogens is 4. The quantitative estimate of drug-likeness (QED) is 0.416. The number of nitrogens with two attached hydrogens (primary N) is 1. The number of piperidine rings is 1. The van der Waals surface area contributed by atoms with Crippen molar-refractivity contribution in [3.05, 3.63) is 27.6 Å². The van der Waals surface area contributed by atoms with Crippen LogP contribution in [-0.2, 0) is 17.8 Å². The number of aliphatic hydroxyl groups excluding tert-OH is 1. The number of nitrogen functional groups attached to an aromatic ring is 1. The molecule has 4 heterocycles. The molecule has 5 rings (SSSR count). The Balaban J connectivity index is 1.36. The minimum Gasteiger partial charge on any atom is -0.493 e. The lowest BCUT2D eigenvalue weighted by Gasteiger charge is -2.32. The lowest BCUT2D eigenvalue weighted by molar-refractivity contribution is -0.140. The molecule has 1 atom stereocenters. The van der Waals surface area contributed by atoms with Gasteiger partial charge < -0.3 is 25.0 Å². The highest BCUT2D eigenvalue weighted by molar-refractivity contribution is 14.1. The fraction of sp³-hybridized carbons (Fsp3) is 0.478. The third kappa shape index (κ3) is 4.69. The fourth-order valence-corrected chi connectivity index (χ4v) is 6.39. The lowest BCUT2D eigenvalue weighted by atomic mass is 9.93. The average molecular weight is 598 g/mol. The van der Waals surface area contributed by atoms with Crippen LogP contribution < -0.4 is 10.5 Å². The third-order valence-corrected chi connectivity index (χ3v) is 8.83. The number of aliphatic hydroxyl groups is 1. The number of imidazole rings is 1. The maximum Gasteiger partial charge on any atom is 0.251 e. The Morgan fingerprint density at radius 3 is 2.91 bits per heavy atom. The van der Waals surface area contributed by atoms with Gasteiger partial charge in [-0.05, 0) is 72.4 Å². The van der Waals surface area contributed by atoms with Gasteiger partial charge in [0, 0.05) is 34.5 Å². The van der Waals surface area contributed by atoms with Gasteiger partial charge in [0.25, 0.3) is 5.91 Å². The van der Waals surface area contributed by atoms with E-state index < -0.39 is 6.10 Å². The minimum absolute atomic E-state index is 0.183. The topological polar surface area (TPSA) is 119 Å². The predicted molar refractivity (Wildman–Crippen MR) is 138 cm³/mol. The summed E-state index contributed by atoms with van der Waals surface area (Å²) >= 11 is 3.97. The first-order valence-electron chi connectivity index (χ1n) is 11.5. The fourth-order valence-electron chi connectivity index (χ4n) is 4.58. The van der Waals surface area contributed by atoms with E-state index in [1.807, 2.05) is 0 Å². The van der Waals surface area contributed by atoms with Gasteiger partial charge in [-0.1, -0.05) is 11.8 Å². The molecule has 3 N–H and O–H groups in total. The van der Waals surface area contributed by atoms with E-state index in [0.29, 0.717) is 30.3 Å². The SMILES string of the molecule is C[C@H](O)C(=O)N1CCC(CCn2c(Sc3cc4c(cc3[131I])CCO4)nc3c(N)ncnc32)CC1. The Labute approximate surface area is 215 Å². The van der Waals surface area contributed by atoms with Crippen molar-refractivity contribution in [2.24, 2.45) is 5.92 Å². The zero-order chi connectivity index (χ0) is 23.8. The maximum absolute atomic E-state index is 12.1. The normalized spacial score (nSPS) is 17.1. The van der Waals surface area contributed by atoms with Crippen LogP contribution >= 0.6 is 34.4 Å². The van der Waals surface area contributed by atoms with Gasteiger partial charge in [0.05, 0.1) is 6.61 Å². The van der Waals surface area contributed by atoms with Crippen LogP contribution in [0.25, 0.3) is 11.2 Å². The first-order chi connectivity index (χ1) is 16.4. The molecular weight excluding hydrogens is 571 g/mol. The second-order valence-electron chi connectivity index (χ2n) is 8.80. The molecule has 1 amide bonds. The standard InChI is InChI=1S/C23H27IN6O3S/c1-13(31)22(32)29-6-2-14(3-7-29)4-8-30-21-19(20(25)26-12-27-21)28-23(30)34-18-11-17-15(5-9-33-17)10-16(18)24/h10-14,31H,2-9H2,1H3,(H2,25,26,27)/t13-/m0/s1/i24+4. The van der Waals surface area contributed by atoms with E-state index in [1.54, 1.807) is 16.7 Å². The number of hydrogen-bond acceptors (Lipinski definition) is 8. The van der Waals surface area contributed by atoms with Gasteiger partial charge >= 0.3 is 0 Å². The molecule has 1 aromatic carbocycles. The monoisotopic (exact) mass is 598 g/mol. The summed E-state index contributed by atoms with van der Waals surface area (Å²) in [5, 5.41) is 10.4. The molecule has 0 saturated carbocycles. The van der Waals surface area contributed by atoms with Crippen molar-refractivity contribution >= 4 is 57.2 Å². The number of anilines is 1. The van der Waals surface area contributed by atoms with Crippen LogP contribution in [0.15, 0.2) is 28.5 Å². The van der Waals surface area contributed by atoms with Crippen LogP contribution in [0.4, 0.5) is 5.82 Å². The molecule has 2 aliphatic heterocycles. The van der Waals surface area contributed by atoms with E-state index in [9.17, 15) is 9.90 Å². The predicted octanol–water partition coefficient (Wildman–Crippen LogP) is 3.11. The Morgan fingerprint density at radius 1 is 1.35 bits per heavy atom. The average Bonchev–Trinajstić information content (AvgIpc) is 3.42. The first-order valence-corrected chi connectivity index (χ1v) is 13.4. The summed E-state index contributed by atoms with van der Waals surface area (Å²) in [7, 11) is 0. The second kappa shape index (κ2) is 9.86. The molecule has 9 nitrogen and oxygen atoms in total. The Morgan fingerprint density at radius 2 is 2.15 bits per heavy atom. The van der Waals surface area contributed by atoms with Gasteiger partial charge in [0.2, 0.25) is 0 Å². The van der Waals surface area contributed by atoms with Crippen molar-refractivity contribution in [1.82, 2.24) is 24.4 Å². The van der Waals surface area contributed by atoms with Crippen molar-refractivity contribution in [2.45, 2.75) is 55.3 Å². The maximum atomic E-state index is 12.1. The molecule has 0 radical (unpaired) electrons. The summed E-state index contributed by atoms with van der Waals surface area (Å²) in [6, 6.07) is 4.29. The molecule has 3 aromatic rings. The number of carbonyl (C=O) groups is 1. The summed E-state index contributed by atoms with van der Waals surface area (Å²) in [5.41, 5.74) is 8.73. The van der Waals surface area contributed by atoms with Gasteiger partial charge in [-0.15, -0.1) is 0 Å². The Bertz CT molecular complexity index is 1230. The second-order valence-corrected chi connectivity index (χ2v) is 11.0. The van der Waals surface area contributed by atoms with Crippen LogP contribution in [0, 0.1) is 9.49 Å². The van der Waals surface area contributed by atoms with Crippen molar-refractivity contribution < 1.29 is 14.6 Å². The molecule has 0 aliphatic carbocycles. The molecule has 180 valence electrons. The number of rotatable bonds is 6. The Kier molecular flexibility index (Phi) is 6.85. The molecule has 1 fully saturated rings. The van der Waals surface area contributed by atoms with Gasteiger partial charge in [-0.2, -0.15) is 0 Å². The highest BCUT2D eigenvalue weighted by Gasteiger charge is 2.26. The van der Waals surface area contributed by atoms with Crippen LogP contribution in [0.5, 0.6) is 5.75 Å². The zero-order valence-corrected chi connectivity index (χ0v) is 21.9.